The maximum absolute atomic E-state index is 11.2. The van der Waals surface area contributed by atoms with Crippen molar-refractivity contribution in [2.75, 3.05) is 0 Å². The van der Waals surface area contributed by atoms with E-state index in [1.54, 1.807) is 0 Å². The summed E-state index contributed by atoms with van der Waals surface area (Å²) < 4.78 is 5.58. The monoisotopic (exact) mass is 323 g/mol. The Balaban J connectivity index is 1.94. The average Bonchev–Trinajstić information content (AvgIpc) is 2.59. The predicted octanol–water partition coefficient (Wildman–Crippen LogP) is 3.21. The van der Waals surface area contributed by atoms with Gasteiger partial charge in [-0.05, 0) is 22.4 Å². The minimum absolute atomic E-state index is 0.0738. The standard InChI is InChI=1S/C18H13NO5/c20-17(21)13-8-15(16(18(22)23)19-9-13)24-10-12-6-3-5-11-4-1-2-7-14(11)12/h1-9H,10H2,(H,20,21)(H,22,23). The Morgan fingerprint density at radius 3 is 2.50 bits per heavy atom. The van der Waals surface area contributed by atoms with Gasteiger partial charge in [0.05, 0.1) is 5.56 Å². The van der Waals surface area contributed by atoms with E-state index in [2.05, 4.69) is 4.98 Å². The first-order valence-corrected chi connectivity index (χ1v) is 7.12. The summed E-state index contributed by atoms with van der Waals surface area (Å²) in [6, 6.07) is 14.6. The number of hydrogen-bond donors (Lipinski definition) is 2. The van der Waals surface area contributed by atoms with Crippen molar-refractivity contribution >= 4 is 22.7 Å². The van der Waals surface area contributed by atoms with Gasteiger partial charge in [0, 0.05) is 6.20 Å². The Morgan fingerprint density at radius 2 is 1.75 bits per heavy atom. The van der Waals surface area contributed by atoms with Gasteiger partial charge in [0.15, 0.2) is 11.4 Å². The molecule has 0 amide bonds. The molecule has 120 valence electrons. The van der Waals surface area contributed by atoms with Gasteiger partial charge in [-0.1, -0.05) is 42.5 Å². The van der Waals surface area contributed by atoms with Crippen LogP contribution in [0.1, 0.15) is 26.4 Å². The molecule has 6 nitrogen and oxygen atoms in total. The largest absolute Gasteiger partial charge is 0.486 e. The first-order valence-electron chi connectivity index (χ1n) is 7.12. The van der Waals surface area contributed by atoms with Gasteiger partial charge in [0.25, 0.3) is 0 Å². The fourth-order valence-electron chi connectivity index (χ4n) is 2.41. The highest BCUT2D eigenvalue weighted by Gasteiger charge is 2.17. The minimum atomic E-state index is -1.28. The third-order valence-electron chi connectivity index (χ3n) is 3.57. The second kappa shape index (κ2) is 6.37. The van der Waals surface area contributed by atoms with Crippen molar-refractivity contribution in [2.45, 2.75) is 6.61 Å². The van der Waals surface area contributed by atoms with Crippen LogP contribution in [-0.4, -0.2) is 27.1 Å². The first-order chi connectivity index (χ1) is 11.6. The lowest BCUT2D eigenvalue weighted by Crippen LogP contribution is -2.08. The van der Waals surface area contributed by atoms with Gasteiger partial charge in [-0.25, -0.2) is 14.6 Å². The number of fused-ring (bicyclic) bond motifs is 1. The van der Waals surface area contributed by atoms with Crippen LogP contribution in [0, 0.1) is 0 Å². The minimum Gasteiger partial charge on any atom is -0.486 e. The lowest BCUT2D eigenvalue weighted by molar-refractivity contribution is 0.0670. The fraction of sp³-hybridized carbons (Fsp3) is 0.0556. The normalized spacial score (nSPS) is 10.5. The molecule has 1 heterocycles. The lowest BCUT2D eigenvalue weighted by Gasteiger charge is -2.11. The van der Waals surface area contributed by atoms with Crippen LogP contribution in [0.5, 0.6) is 5.75 Å². The summed E-state index contributed by atoms with van der Waals surface area (Å²) in [5.41, 5.74) is 0.415. The quantitative estimate of drug-likeness (QED) is 0.748. The second-order valence-corrected chi connectivity index (χ2v) is 5.11. The Hall–Kier alpha value is -3.41. The van der Waals surface area contributed by atoms with Crippen molar-refractivity contribution in [1.82, 2.24) is 4.98 Å². The summed E-state index contributed by atoms with van der Waals surface area (Å²) in [5.74, 6) is -2.55. The van der Waals surface area contributed by atoms with Gasteiger partial charge in [-0.3, -0.25) is 0 Å². The Labute approximate surface area is 137 Å². The topological polar surface area (TPSA) is 96.7 Å². The van der Waals surface area contributed by atoms with Crippen LogP contribution in [0.3, 0.4) is 0 Å². The lowest BCUT2D eigenvalue weighted by atomic mass is 10.1. The van der Waals surface area contributed by atoms with Crippen LogP contribution in [-0.2, 0) is 6.61 Å². The zero-order valence-electron chi connectivity index (χ0n) is 12.5. The van der Waals surface area contributed by atoms with Crippen LogP contribution in [0.2, 0.25) is 0 Å². The highest BCUT2D eigenvalue weighted by molar-refractivity contribution is 5.92. The summed E-state index contributed by atoms with van der Waals surface area (Å²) in [4.78, 5) is 25.9. The molecule has 0 saturated heterocycles. The predicted molar refractivity (Wildman–Crippen MR) is 86.4 cm³/mol. The molecule has 1 aromatic heterocycles. The van der Waals surface area contributed by atoms with Crippen molar-refractivity contribution < 1.29 is 24.5 Å². The molecule has 0 unspecified atom stereocenters. The number of carboxylic acid groups (broad SMARTS) is 2. The summed E-state index contributed by atoms with van der Waals surface area (Å²) in [5, 5.41) is 20.2. The van der Waals surface area contributed by atoms with Crippen molar-refractivity contribution in [1.29, 1.82) is 0 Å². The van der Waals surface area contributed by atoms with Crippen molar-refractivity contribution in [2.24, 2.45) is 0 Å². The third kappa shape index (κ3) is 3.03. The molecular formula is C18H13NO5. The van der Waals surface area contributed by atoms with Gasteiger partial charge in [0.2, 0.25) is 0 Å². The molecular weight excluding hydrogens is 310 g/mol. The van der Waals surface area contributed by atoms with Gasteiger partial charge in [-0.15, -0.1) is 0 Å². The highest BCUT2D eigenvalue weighted by Crippen LogP contribution is 2.23. The molecule has 6 heteroatoms. The van der Waals surface area contributed by atoms with E-state index in [1.165, 1.54) is 6.07 Å². The number of carboxylic acids is 2. The molecule has 24 heavy (non-hydrogen) atoms. The van der Waals surface area contributed by atoms with E-state index in [0.717, 1.165) is 22.5 Å². The zero-order valence-corrected chi connectivity index (χ0v) is 12.5. The molecule has 0 atom stereocenters. The van der Waals surface area contributed by atoms with Crippen LogP contribution < -0.4 is 4.74 Å². The summed E-state index contributed by atoms with van der Waals surface area (Å²) in [7, 11) is 0. The Morgan fingerprint density at radius 1 is 1.00 bits per heavy atom. The van der Waals surface area contributed by atoms with Crippen LogP contribution in [0.15, 0.2) is 54.7 Å². The molecule has 0 bridgehead atoms. The van der Waals surface area contributed by atoms with E-state index in [-0.39, 0.29) is 23.6 Å². The van der Waals surface area contributed by atoms with Gasteiger partial charge in [0.1, 0.15) is 6.61 Å². The molecule has 0 fully saturated rings. The van der Waals surface area contributed by atoms with Crippen LogP contribution in [0.25, 0.3) is 10.8 Å². The molecule has 0 aliphatic rings. The fourth-order valence-corrected chi connectivity index (χ4v) is 2.41. The molecule has 0 aliphatic carbocycles. The van der Waals surface area contributed by atoms with Gasteiger partial charge >= 0.3 is 11.9 Å². The van der Waals surface area contributed by atoms with Crippen molar-refractivity contribution in [3.8, 4) is 5.75 Å². The van der Waals surface area contributed by atoms with Crippen molar-refractivity contribution in [3.05, 3.63) is 71.5 Å². The molecule has 0 spiro atoms. The number of pyridine rings is 1. The van der Waals surface area contributed by atoms with E-state index in [0.29, 0.717) is 0 Å². The summed E-state index contributed by atoms with van der Waals surface area (Å²) >= 11 is 0. The molecule has 2 N–H and O–H groups in total. The summed E-state index contributed by atoms with van der Waals surface area (Å²) in [6.07, 6.45) is 0.997. The number of benzene rings is 2. The average molecular weight is 323 g/mol. The number of aromatic carboxylic acids is 2. The maximum Gasteiger partial charge on any atom is 0.358 e. The molecule has 3 aromatic rings. The Bertz CT molecular complexity index is 930. The van der Waals surface area contributed by atoms with E-state index >= 15 is 0 Å². The first kappa shape index (κ1) is 15.5. The molecule has 0 aliphatic heterocycles. The summed E-state index contributed by atoms with van der Waals surface area (Å²) in [6.45, 7) is 0.104. The van der Waals surface area contributed by atoms with E-state index in [1.807, 2.05) is 42.5 Å². The number of carbonyl (C=O) groups is 2. The number of nitrogens with zero attached hydrogens (tertiary/aromatic N) is 1. The molecule has 3 rings (SSSR count). The maximum atomic E-state index is 11.2. The number of rotatable bonds is 5. The van der Waals surface area contributed by atoms with E-state index in [4.69, 9.17) is 9.84 Å². The van der Waals surface area contributed by atoms with Gasteiger partial charge < -0.3 is 14.9 Å². The third-order valence-corrected chi connectivity index (χ3v) is 3.57. The second-order valence-electron chi connectivity index (χ2n) is 5.11. The SMILES string of the molecule is O=C(O)c1cnc(C(=O)O)c(OCc2cccc3ccccc23)c1. The number of ether oxygens (including phenoxy) is 1. The Kier molecular flexibility index (Phi) is 4.11. The molecule has 0 saturated carbocycles. The smallest absolute Gasteiger partial charge is 0.358 e. The van der Waals surface area contributed by atoms with Crippen LogP contribution >= 0.6 is 0 Å². The van der Waals surface area contributed by atoms with Crippen LogP contribution in [0.4, 0.5) is 0 Å². The zero-order chi connectivity index (χ0) is 17.1. The van der Waals surface area contributed by atoms with E-state index in [9.17, 15) is 14.7 Å². The van der Waals surface area contributed by atoms with Gasteiger partial charge in [-0.2, -0.15) is 0 Å². The van der Waals surface area contributed by atoms with E-state index < -0.39 is 11.9 Å². The number of aromatic nitrogens is 1. The highest BCUT2D eigenvalue weighted by atomic mass is 16.5. The molecule has 2 aromatic carbocycles. The number of hydrogen-bond acceptors (Lipinski definition) is 4. The molecule has 0 radical (unpaired) electrons. The van der Waals surface area contributed by atoms with Crippen molar-refractivity contribution in [3.63, 3.8) is 0 Å².